The minimum Gasteiger partial charge on any atom is -0.494 e. The second-order valence-electron chi connectivity index (χ2n) is 11.0. The van der Waals surface area contributed by atoms with Crippen LogP contribution < -0.4 is 15.0 Å². The number of hydrogen-bond donors (Lipinski definition) is 1. The Bertz CT molecular complexity index is 1530. The number of ether oxygens (including phenoxy) is 2. The van der Waals surface area contributed by atoms with Crippen molar-refractivity contribution in [3.05, 3.63) is 125 Å². The SMILES string of the molecule is COC(=O)[C@H](Cc1ccc(OCCCN(C(=O)C(C)C)c2ccc(C)cc2)cc1)Nc1ccccc1C(=O)c1ccccc1. The number of aryl methyl sites for hydroxylation is 1. The van der Waals surface area contributed by atoms with Crippen LogP contribution in [-0.2, 0) is 20.7 Å². The molecule has 4 aromatic rings. The molecule has 4 aromatic carbocycles. The van der Waals surface area contributed by atoms with E-state index in [4.69, 9.17) is 9.47 Å². The second-order valence-corrected chi connectivity index (χ2v) is 11.0. The van der Waals surface area contributed by atoms with Crippen LogP contribution >= 0.6 is 0 Å². The number of anilines is 2. The number of nitrogens with zero attached hydrogens (tertiary/aromatic N) is 1. The van der Waals surface area contributed by atoms with E-state index in [-0.39, 0.29) is 17.6 Å². The number of methoxy groups -OCH3 is 1. The summed E-state index contributed by atoms with van der Waals surface area (Å²) in [6, 6.07) is 31.0. The summed E-state index contributed by atoms with van der Waals surface area (Å²) in [7, 11) is 1.35. The Hall–Kier alpha value is -4.91. The molecule has 7 nitrogen and oxygen atoms in total. The van der Waals surface area contributed by atoms with Crippen LogP contribution in [0.5, 0.6) is 5.75 Å². The zero-order chi connectivity index (χ0) is 31.5. The number of carbonyl (C=O) groups excluding carboxylic acids is 3. The Kier molecular flexibility index (Phi) is 11.3. The normalized spacial score (nSPS) is 11.5. The van der Waals surface area contributed by atoms with Gasteiger partial charge in [-0.1, -0.05) is 86.1 Å². The molecule has 0 aromatic heterocycles. The summed E-state index contributed by atoms with van der Waals surface area (Å²) < 4.78 is 11.1. The Balaban J connectivity index is 1.37. The molecule has 0 fully saturated rings. The van der Waals surface area contributed by atoms with Gasteiger partial charge in [0.05, 0.1) is 13.7 Å². The standard InChI is InChI=1S/C37H40N2O5/c1-26(2)36(41)39(30-19-15-27(3)16-20-30)23-10-24-44-31-21-17-28(18-22-31)25-34(37(42)43-4)38-33-14-9-8-13-32(33)35(40)29-11-6-5-7-12-29/h5-9,11-22,26,34,38H,10,23-25H2,1-4H3/t34-/m0/s1. The molecule has 0 heterocycles. The first-order valence-electron chi connectivity index (χ1n) is 14.9. The molecule has 0 radical (unpaired) electrons. The highest BCUT2D eigenvalue weighted by Gasteiger charge is 2.23. The summed E-state index contributed by atoms with van der Waals surface area (Å²) in [6.45, 7) is 6.85. The van der Waals surface area contributed by atoms with Crippen LogP contribution in [-0.4, -0.2) is 44.0 Å². The van der Waals surface area contributed by atoms with Crippen molar-refractivity contribution >= 4 is 29.0 Å². The van der Waals surface area contributed by atoms with Gasteiger partial charge in [0, 0.05) is 41.4 Å². The number of rotatable bonds is 14. The predicted molar refractivity (Wildman–Crippen MR) is 174 cm³/mol. The van der Waals surface area contributed by atoms with E-state index >= 15 is 0 Å². The number of carbonyl (C=O) groups is 3. The number of amides is 1. The molecule has 0 aliphatic heterocycles. The molecule has 44 heavy (non-hydrogen) atoms. The van der Waals surface area contributed by atoms with Crippen LogP contribution in [0, 0.1) is 12.8 Å². The van der Waals surface area contributed by atoms with Gasteiger partial charge in [-0.05, 0) is 55.3 Å². The van der Waals surface area contributed by atoms with Crippen molar-refractivity contribution in [1.82, 2.24) is 0 Å². The largest absolute Gasteiger partial charge is 0.494 e. The first-order valence-corrected chi connectivity index (χ1v) is 14.9. The van der Waals surface area contributed by atoms with Crippen LogP contribution in [0.3, 0.4) is 0 Å². The predicted octanol–water partition coefficient (Wildman–Crippen LogP) is 6.88. The van der Waals surface area contributed by atoms with E-state index in [9.17, 15) is 14.4 Å². The topological polar surface area (TPSA) is 84.9 Å². The molecule has 1 atom stereocenters. The lowest BCUT2D eigenvalue weighted by Crippen LogP contribution is -2.35. The molecule has 4 rings (SSSR count). The first-order chi connectivity index (χ1) is 21.3. The average Bonchev–Trinajstić information content (AvgIpc) is 3.05. The van der Waals surface area contributed by atoms with Gasteiger partial charge in [0.1, 0.15) is 11.8 Å². The van der Waals surface area contributed by atoms with Gasteiger partial charge >= 0.3 is 5.97 Å². The van der Waals surface area contributed by atoms with Crippen molar-refractivity contribution in [2.45, 2.75) is 39.7 Å². The molecule has 0 unspecified atom stereocenters. The monoisotopic (exact) mass is 592 g/mol. The summed E-state index contributed by atoms with van der Waals surface area (Å²) in [5.74, 6) is 0.118. The van der Waals surface area contributed by atoms with Crippen LogP contribution in [0.25, 0.3) is 0 Å². The van der Waals surface area contributed by atoms with Crippen LogP contribution in [0.15, 0.2) is 103 Å². The second kappa shape index (κ2) is 15.5. The molecule has 1 amide bonds. The quantitative estimate of drug-likeness (QED) is 0.0976. The van der Waals surface area contributed by atoms with E-state index in [1.807, 2.05) is 98.5 Å². The number of nitrogens with one attached hydrogen (secondary N) is 1. The number of ketones is 1. The van der Waals surface area contributed by atoms with Gasteiger partial charge in [0.2, 0.25) is 5.91 Å². The summed E-state index contributed by atoms with van der Waals surface area (Å²) in [5.41, 5.74) is 4.55. The highest BCUT2D eigenvalue weighted by molar-refractivity contribution is 6.12. The maximum Gasteiger partial charge on any atom is 0.328 e. The zero-order valence-corrected chi connectivity index (χ0v) is 25.8. The average molecular weight is 593 g/mol. The van der Waals surface area contributed by atoms with Crippen LogP contribution in [0.2, 0.25) is 0 Å². The van der Waals surface area contributed by atoms with Crippen molar-refractivity contribution in [2.75, 3.05) is 30.5 Å². The summed E-state index contributed by atoms with van der Waals surface area (Å²) >= 11 is 0. The lowest BCUT2D eigenvalue weighted by Gasteiger charge is -2.25. The first kappa shape index (κ1) is 32.0. The van der Waals surface area contributed by atoms with E-state index in [1.54, 1.807) is 30.3 Å². The van der Waals surface area contributed by atoms with E-state index in [0.717, 1.165) is 16.8 Å². The highest BCUT2D eigenvalue weighted by Crippen LogP contribution is 2.23. The van der Waals surface area contributed by atoms with E-state index < -0.39 is 12.0 Å². The van der Waals surface area contributed by atoms with Gasteiger partial charge < -0.3 is 19.7 Å². The van der Waals surface area contributed by atoms with E-state index in [2.05, 4.69) is 5.32 Å². The Morgan fingerprint density at radius 1 is 0.818 bits per heavy atom. The van der Waals surface area contributed by atoms with Gasteiger partial charge in [-0.15, -0.1) is 0 Å². The molecule has 0 aliphatic carbocycles. The van der Waals surface area contributed by atoms with Crippen LogP contribution in [0.1, 0.15) is 47.3 Å². The van der Waals surface area contributed by atoms with Crippen molar-refractivity contribution < 1.29 is 23.9 Å². The molecule has 0 saturated carbocycles. The summed E-state index contributed by atoms with van der Waals surface area (Å²) in [5, 5.41) is 3.24. The number of hydrogen-bond acceptors (Lipinski definition) is 6. The third kappa shape index (κ3) is 8.57. The van der Waals surface area contributed by atoms with Gasteiger partial charge in [-0.25, -0.2) is 4.79 Å². The fourth-order valence-corrected chi connectivity index (χ4v) is 4.85. The highest BCUT2D eigenvalue weighted by atomic mass is 16.5. The summed E-state index contributed by atoms with van der Waals surface area (Å²) in [6.07, 6.45) is 1.02. The summed E-state index contributed by atoms with van der Waals surface area (Å²) in [4.78, 5) is 40.6. The maximum absolute atomic E-state index is 13.2. The van der Waals surface area contributed by atoms with Gasteiger partial charge in [-0.2, -0.15) is 0 Å². The third-order valence-electron chi connectivity index (χ3n) is 7.29. The molecule has 0 bridgehead atoms. The molecule has 0 spiro atoms. The van der Waals surface area contributed by atoms with Crippen molar-refractivity contribution in [1.29, 1.82) is 0 Å². The lowest BCUT2D eigenvalue weighted by atomic mass is 10.00. The fraction of sp³-hybridized carbons (Fsp3) is 0.270. The molecule has 7 heteroatoms. The number of benzene rings is 4. The van der Waals surface area contributed by atoms with E-state index in [0.29, 0.717) is 48.6 Å². The Morgan fingerprint density at radius 2 is 1.48 bits per heavy atom. The molecular weight excluding hydrogens is 552 g/mol. The van der Waals surface area contributed by atoms with Crippen molar-refractivity contribution in [2.24, 2.45) is 5.92 Å². The Labute approximate surface area is 259 Å². The minimum atomic E-state index is -0.706. The van der Waals surface area contributed by atoms with Gasteiger partial charge in [0.25, 0.3) is 0 Å². The minimum absolute atomic E-state index is 0.0824. The number of esters is 1. The zero-order valence-electron chi connectivity index (χ0n) is 25.8. The molecular formula is C37H40N2O5. The third-order valence-corrected chi connectivity index (χ3v) is 7.29. The van der Waals surface area contributed by atoms with Crippen molar-refractivity contribution in [3.63, 3.8) is 0 Å². The molecule has 1 N–H and O–H groups in total. The molecule has 0 aliphatic rings. The lowest BCUT2D eigenvalue weighted by molar-refractivity contribution is -0.141. The molecule has 228 valence electrons. The fourth-order valence-electron chi connectivity index (χ4n) is 4.85. The smallest absolute Gasteiger partial charge is 0.328 e. The van der Waals surface area contributed by atoms with Crippen LogP contribution in [0.4, 0.5) is 11.4 Å². The van der Waals surface area contributed by atoms with Gasteiger partial charge in [-0.3, -0.25) is 9.59 Å². The molecule has 0 saturated heterocycles. The Morgan fingerprint density at radius 3 is 2.14 bits per heavy atom. The maximum atomic E-state index is 13.2. The van der Waals surface area contributed by atoms with Gasteiger partial charge in [0.15, 0.2) is 5.78 Å². The van der Waals surface area contributed by atoms with Crippen molar-refractivity contribution in [3.8, 4) is 5.75 Å². The van der Waals surface area contributed by atoms with E-state index in [1.165, 1.54) is 7.11 Å². The number of para-hydroxylation sites is 1.